The third-order valence-electron chi connectivity index (χ3n) is 12.1. The highest BCUT2D eigenvalue weighted by Crippen LogP contribution is 2.43. The molecule has 0 atom stereocenters. The topological polar surface area (TPSA) is 41.2 Å². The second-order valence-electron chi connectivity index (χ2n) is 15.8. The molecule has 0 aliphatic heterocycles. The van der Waals surface area contributed by atoms with Crippen molar-refractivity contribution in [3.63, 3.8) is 0 Å². The van der Waals surface area contributed by atoms with Crippen molar-refractivity contribution in [2.45, 2.75) is 55.4 Å². The van der Waals surface area contributed by atoms with E-state index < -0.39 is 0 Å². The number of anilines is 3. The Labute approximate surface area is 334 Å². The van der Waals surface area contributed by atoms with Gasteiger partial charge in [-0.1, -0.05) is 12.1 Å². The molecular weight excluding hydrogens is 695 g/mol. The van der Waals surface area contributed by atoms with Gasteiger partial charge in [0.25, 0.3) is 0 Å². The van der Waals surface area contributed by atoms with E-state index in [2.05, 4.69) is 147 Å². The van der Waals surface area contributed by atoms with E-state index in [1.165, 1.54) is 66.1 Å². The average molecular weight is 738 g/mol. The summed E-state index contributed by atoms with van der Waals surface area (Å²) in [7, 11) is 0. The van der Waals surface area contributed by atoms with Gasteiger partial charge in [0.1, 0.15) is 0 Å². The van der Waals surface area contributed by atoms with Gasteiger partial charge in [-0.15, -0.1) is 0 Å². The van der Waals surface area contributed by atoms with Crippen molar-refractivity contribution < 1.29 is 0 Å². The minimum absolute atomic E-state index is 0.580. The molecule has 5 nitrogen and oxygen atoms in total. The van der Waals surface area contributed by atoms with E-state index in [0.29, 0.717) is 11.3 Å². The predicted octanol–water partition coefficient (Wildman–Crippen LogP) is 14.2. The Balaban J connectivity index is 1.45. The number of hydrogen-bond acceptors (Lipinski definition) is 2. The number of nitriles is 1. The van der Waals surface area contributed by atoms with Crippen molar-refractivity contribution in [3.8, 4) is 17.4 Å². The molecule has 7 aromatic carbocycles. The number of rotatable bonds is 5. The van der Waals surface area contributed by atoms with Gasteiger partial charge in [0, 0.05) is 32.9 Å². The molecule has 0 N–H and O–H groups in total. The van der Waals surface area contributed by atoms with Crippen LogP contribution in [0, 0.1) is 73.3 Å². The van der Waals surface area contributed by atoms with Crippen LogP contribution in [-0.4, -0.2) is 9.13 Å². The maximum Gasteiger partial charge on any atom is 0.187 e. The van der Waals surface area contributed by atoms with Crippen LogP contribution in [0.1, 0.15) is 50.1 Å². The van der Waals surface area contributed by atoms with E-state index in [1.54, 1.807) is 0 Å². The zero-order valence-electron chi connectivity index (χ0n) is 33.7. The summed E-state index contributed by atoms with van der Waals surface area (Å²) < 4.78 is 4.88. The fourth-order valence-corrected chi connectivity index (χ4v) is 8.40. The molecule has 0 aliphatic carbocycles. The summed E-state index contributed by atoms with van der Waals surface area (Å²) in [5, 5.41) is 14.7. The molecule has 0 bridgehead atoms. The third-order valence-corrected chi connectivity index (χ3v) is 12.1. The SMILES string of the molecule is [C-]#[N+]c1ccc(N(c2ccc(C#N)cc2)c2cc(-n3c4cc(C)c(C)cc4c4cc(C)c(C)cc43)cc(-n3c4cc(C)c(C)cc4c4cc(C)c(C)cc43)c2)cc1. The van der Waals surface area contributed by atoms with Crippen molar-refractivity contribution in [1.82, 2.24) is 9.13 Å². The lowest BCUT2D eigenvalue weighted by molar-refractivity contribution is 1.12. The summed E-state index contributed by atoms with van der Waals surface area (Å²) in [6.07, 6.45) is 0. The van der Waals surface area contributed by atoms with E-state index in [0.717, 1.165) is 50.5 Å². The molecule has 9 rings (SSSR count). The summed E-state index contributed by atoms with van der Waals surface area (Å²) in [4.78, 5) is 5.93. The van der Waals surface area contributed by atoms with E-state index in [4.69, 9.17) is 6.57 Å². The Morgan fingerprint density at radius 1 is 0.439 bits per heavy atom. The molecule has 5 heteroatoms. The normalized spacial score (nSPS) is 11.5. The largest absolute Gasteiger partial charge is 0.310 e. The highest BCUT2D eigenvalue weighted by molar-refractivity contribution is 6.12. The van der Waals surface area contributed by atoms with E-state index in [-0.39, 0.29) is 0 Å². The summed E-state index contributed by atoms with van der Waals surface area (Å²) in [5.41, 5.74) is 20.7. The van der Waals surface area contributed by atoms with Gasteiger partial charge >= 0.3 is 0 Å². The minimum Gasteiger partial charge on any atom is -0.310 e. The molecule has 0 saturated carbocycles. The molecule has 276 valence electrons. The summed E-state index contributed by atoms with van der Waals surface area (Å²) in [6, 6.07) is 43.4. The predicted molar refractivity (Wildman–Crippen MR) is 239 cm³/mol. The Hall–Kier alpha value is -7.08. The third kappa shape index (κ3) is 5.74. The molecule has 0 unspecified atom stereocenters. The molecule has 9 aromatic rings. The number of benzene rings is 7. The van der Waals surface area contributed by atoms with Gasteiger partial charge in [-0.05, 0) is 203 Å². The van der Waals surface area contributed by atoms with Crippen LogP contribution in [0.15, 0.2) is 115 Å². The average Bonchev–Trinajstić information content (AvgIpc) is 3.65. The first-order valence-electron chi connectivity index (χ1n) is 19.4. The number of aryl methyl sites for hydroxylation is 8. The van der Waals surface area contributed by atoms with Crippen LogP contribution in [0.2, 0.25) is 0 Å². The Morgan fingerprint density at radius 3 is 1.11 bits per heavy atom. The number of nitrogens with zero attached hydrogens (tertiary/aromatic N) is 5. The smallest absolute Gasteiger partial charge is 0.187 e. The van der Waals surface area contributed by atoms with Gasteiger partial charge in [0.05, 0.1) is 57.3 Å². The van der Waals surface area contributed by atoms with Gasteiger partial charge in [-0.3, -0.25) is 0 Å². The highest BCUT2D eigenvalue weighted by atomic mass is 15.1. The van der Waals surface area contributed by atoms with Gasteiger partial charge in [0.2, 0.25) is 0 Å². The molecule has 0 radical (unpaired) electrons. The van der Waals surface area contributed by atoms with Crippen LogP contribution < -0.4 is 4.90 Å². The molecule has 2 aromatic heterocycles. The fourth-order valence-electron chi connectivity index (χ4n) is 8.40. The van der Waals surface area contributed by atoms with Crippen molar-refractivity contribution >= 4 is 66.4 Å². The Kier molecular flexibility index (Phi) is 8.31. The molecule has 0 spiro atoms. The van der Waals surface area contributed by atoms with Gasteiger partial charge in [0.15, 0.2) is 5.69 Å². The quantitative estimate of drug-likeness (QED) is 0.165. The van der Waals surface area contributed by atoms with E-state index in [1.807, 2.05) is 48.5 Å². The van der Waals surface area contributed by atoms with E-state index in [9.17, 15) is 5.26 Å². The summed E-state index contributed by atoms with van der Waals surface area (Å²) >= 11 is 0. The van der Waals surface area contributed by atoms with Crippen LogP contribution in [-0.2, 0) is 0 Å². The van der Waals surface area contributed by atoms with Crippen LogP contribution >= 0.6 is 0 Å². The first kappa shape index (κ1) is 35.6. The molecule has 2 heterocycles. The number of aromatic nitrogens is 2. The van der Waals surface area contributed by atoms with Crippen LogP contribution in [0.5, 0.6) is 0 Å². The van der Waals surface area contributed by atoms with Crippen molar-refractivity contribution in [2.75, 3.05) is 4.90 Å². The van der Waals surface area contributed by atoms with Crippen molar-refractivity contribution in [1.29, 1.82) is 5.26 Å². The second kappa shape index (κ2) is 13.3. The monoisotopic (exact) mass is 737 g/mol. The minimum atomic E-state index is 0.580. The van der Waals surface area contributed by atoms with Gasteiger partial charge < -0.3 is 14.0 Å². The number of hydrogen-bond donors (Lipinski definition) is 0. The molecule has 0 saturated heterocycles. The standard InChI is InChI=1S/C52H43N5/c1-30-18-45-46-19-31(2)35(6)23-50(46)56(49(45)22-34(30)5)43-26-42(55(40-14-10-38(29-53)11-15-40)41-16-12-39(54-9)13-17-41)27-44(28-43)57-51-24-36(7)32(3)20-47(51)48-21-33(4)37(8)25-52(48)57/h10-28H,1-8H3. The molecule has 0 fully saturated rings. The van der Waals surface area contributed by atoms with Gasteiger partial charge in [-0.2, -0.15) is 5.26 Å². The number of fused-ring (bicyclic) bond motifs is 6. The molecule has 0 aliphatic rings. The van der Waals surface area contributed by atoms with E-state index >= 15 is 0 Å². The molecule has 0 amide bonds. The lowest BCUT2D eigenvalue weighted by atomic mass is 10.0. The summed E-state index contributed by atoms with van der Waals surface area (Å²) in [6.45, 7) is 25.2. The Morgan fingerprint density at radius 2 is 0.772 bits per heavy atom. The fraction of sp³-hybridized carbons (Fsp3) is 0.154. The summed E-state index contributed by atoms with van der Waals surface area (Å²) in [5.74, 6) is 0. The Bertz CT molecular complexity index is 2870. The highest BCUT2D eigenvalue weighted by Gasteiger charge is 2.22. The van der Waals surface area contributed by atoms with Crippen molar-refractivity contribution in [3.05, 3.63) is 177 Å². The lowest BCUT2D eigenvalue weighted by Gasteiger charge is -2.27. The van der Waals surface area contributed by atoms with Crippen LogP contribution in [0.3, 0.4) is 0 Å². The zero-order valence-corrected chi connectivity index (χ0v) is 33.7. The molecule has 57 heavy (non-hydrogen) atoms. The van der Waals surface area contributed by atoms with Crippen LogP contribution in [0.4, 0.5) is 22.7 Å². The maximum atomic E-state index is 9.74. The van der Waals surface area contributed by atoms with Gasteiger partial charge in [-0.25, -0.2) is 4.85 Å². The zero-order chi connectivity index (χ0) is 39.9. The second-order valence-corrected chi connectivity index (χ2v) is 15.8. The first-order chi connectivity index (χ1) is 27.4. The lowest BCUT2D eigenvalue weighted by Crippen LogP contribution is -2.12. The van der Waals surface area contributed by atoms with Crippen LogP contribution in [0.25, 0.3) is 59.8 Å². The first-order valence-corrected chi connectivity index (χ1v) is 19.4. The van der Waals surface area contributed by atoms with Crippen molar-refractivity contribution in [2.24, 2.45) is 0 Å². The molecular formula is C52H43N5. The maximum absolute atomic E-state index is 9.74.